The zero-order valence-corrected chi connectivity index (χ0v) is 6.34. The maximum atomic E-state index is 10.4. The van der Waals surface area contributed by atoms with E-state index in [1.165, 1.54) is 0 Å². The van der Waals surface area contributed by atoms with Crippen molar-refractivity contribution in [3.05, 3.63) is 4.91 Å². The highest BCUT2D eigenvalue weighted by Gasteiger charge is 2.23. The van der Waals surface area contributed by atoms with Crippen molar-refractivity contribution in [3.63, 3.8) is 0 Å². The molecule has 0 aromatic carbocycles. The lowest BCUT2D eigenvalue weighted by molar-refractivity contribution is 0.442. The van der Waals surface area contributed by atoms with Gasteiger partial charge >= 0.3 is 0 Å². The van der Waals surface area contributed by atoms with Crippen molar-refractivity contribution >= 4 is 16.1 Å². The van der Waals surface area contributed by atoms with E-state index < -0.39 is 11.1 Å². The van der Waals surface area contributed by atoms with Crippen LogP contribution in [-0.4, -0.2) is 26.9 Å². The molecule has 6 nitrogen and oxygen atoms in total. The molecule has 0 amide bonds. The van der Waals surface area contributed by atoms with Crippen LogP contribution in [0.3, 0.4) is 0 Å². The SMILES string of the molecule is O=NN=C(C1CNC1)S(=O)[O-]. The topological polar surface area (TPSA) is 94.0 Å². The van der Waals surface area contributed by atoms with Gasteiger partial charge in [0, 0.05) is 19.0 Å². The lowest BCUT2D eigenvalue weighted by Crippen LogP contribution is -2.47. The average Bonchev–Trinajstić information content (AvgIpc) is 1.82. The Morgan fingerprint density at radius 2 is 2.27 bits per heavy atom. The van der Waals surface area contributed by atoms with E-state index in [0.29, 0.717) is 13.1 Å². The summed E-state index contributed by atoms with van der Waals surface area (Å²) in [6, 6.07) is 0. The Morgan fingerprint density at radius 3 is 2.55 bits per heavy atom. The van der Waals surface area contributed by atoms with Gasteiger partial charge < -0.3 is 9.87 Å². The molecule has 0 aliphatic carbocycles. The molecule has 1 saturated heterocycles. The number of rotatable bonds is 2. The van der Waals surface area contributed by atoms with Gasteiger partial charge in [-0.3, -0.25) is 4.21 Å². The third kappa shape index (κ3) is 1.88. The highest BCUT2D eigenvalue weighted by molar-refractivity contribution is 7.95. The molecule has 0 aromatic heterocycles. The smallest absolute Gasteiger partial charge is 0.122 e. The van der Waals surface area contributed by atoms with Crippen LogP contribution in [0.15, 0.2) is 10.4 Å². The van der Waals surface area contributed by atoms with Gasteiger partial charge in [0.05, 0.1) is 5.29 Å². The minimum absolute atomic E-state index is 0.154. The summed E-state index contributed by atoms with van der Waals surface area (Å²) in [5.74, 6) is -0.175. The van der Waals surface area contributed by atoms with Crippen LogP contribution in [0.4, 0.5) is 0 Å². The third-order valence-corrected chi connectivity index (χ3v) is 2.20. The molecule has 1 aliphatic rings. The van der Waals surface area contributed by atoms with E-state index in [-0.39, 0.29) is 11.0 Å². The van der Waals surface area contributed by atoms with Crippen LogP contribution in [-0.2, 0) is 11.1 Å². The van der Waals surface area contributed by atoms with Crippen LogP contribution in [0.5, 0.6) is 0 Å². The molecule has 0 radical (unpaired) electrons. The first kappa shape index (κ1) is 8.44. The minimum Gasteiger partial charge on any atom is -0.767 e. The van der Waals surface area contributed by atoms with E-state index >= 15 is 0 Å². The molecule has 62 valence electrons. The largest absolute Gasteiger partial charge is 0.767 e. The van der Waals surface area contributed by atoms with Crippen LogP contribution in [0.1, 0.15) is 0 Å². The van der Waals surface area contributed by atoms with Crippen LogP contribution in [0, 0.1) is 10.8 Å². The maximum Gasteiger partial charge on any atom is 0.122 e. The number of hydrogen-bond acceptors (Lipinski definition) is 5. The Labute approximate surface area is 65.3 Å². The molecular weight excluding hydrogens is 170 g/mol. The molecule has 11 heavy (non-hydrogen) atoms. The van der Waals surface area contributed by atoms with Gasteiger partial charge in [-0.15, -0.1) is 10.0 Å². The monoisotopic (exact) mass is 176 g/mol. The highest BCUT2D eigenvalue weighted by Crippen LogP contribution is 2.08. The molecule has 1 rings (SSSR count). The van der Waals surface area contributed by atoms with Gasteiger partial charge in [0.2, 0.25) is 0 Å². The standard InChI is InChI=1S/C4H7N3O3S/c8-7-6-4(11(9)10)3-1-5-2-3/h3,5H,1-2H2,(H,9,10)/p-1. The van der Waals surface area contributed by atoms with Gasteiger partial charge in [0.1, 0.15) is 5.04 Å². The zero-order chi connectivity index (χ0) is 8.27. The summed E-state index contributed by atoms with van der Waals surface area (Å²) in [5, 5.41) is 7.86. The van der Waals surface area contributed by atoms with E-state index in [2.05, 4.69) is 15.7 Å². The summed E-state index contributed by atoms with van der Waals surface area (Å²) in [7, 11) is 0. The molecule has 1 aliphatic heterocycles. The van der Waals surface area contributed by atoms with Crippen molar-refractivity contribution in [2.75, 3.05) is 13.1 Å². The average molecular weight is 176 g/mol. The van der Waals surface area contributed by atoms with Gasteiger partial charge in [-0.1, -0.05) is 0 Å². The second-order valence-electron chi connectivity index (χ2n) is 2.11. The molecule has 1 heterocycles. The number of nitrogens with zero attached hydrogens (tertiary/aromatic N) is 2. The zero-order valence-electron chi connectivity index (χ0n) is 5.52. The van der Waals surface area contributed by atoms with Gasteiger partial charge in [0.15, 0.2) is 0 Å². The van der Waals surface area contributed by atoms with Gasteiger partial charge in [-0.2, -0.15) is 0 Å². The summed E-state index contributed by atoms with van der Waals surface area (Å²) in [6.07, 6.45) is 0. The van der Waals surface area contributed by atoms with Crippen LogP contribution >= 0.6 is 0 Å². The second-order valence-corrected chi connectivity index (χ2v) is 3.00. The van der Waals surface area contributed by atoms with E-state index in [1.807, 2.05) is 0 Å². The van der Waals surface area contributed by atoms with Gasteiger partial charge in [-0.05, 0) is 11.1 Å². The summed E-state index contributed by atoms with van der Waals surface area (Å²) in [4.78, 5) is 9.63. The summed E-state index contributed by atoms with van der Waals surface area (Å²) in [5.41, 5.74) is 0. The highest BCUT2D eigenvalue weighted by atomic mass is 32.2. The van der Waals surface area contributed by atoms with E-state index in [0.717, 1.165) is 0 Å². The van der Waals surface area contributed by atoms with Crippen LogP contribution in [0.25, 0.3) is 0 Å². The van der Waals surface area contributed by atoms with Gasteiger partial charge in [0.25, 0.3) is 0 Å². The molecule has 0 bridgehead atoms. The Morgan fingerprint density at radius 1 is 1.64 bits per heavy atom. The van der Waals surface area contributed by atoms with Crippen molar-refractivity contribution < 1.29 is 8.76 Å². The minimum atomic E-state index is -2.42. The third-order valence-electron chi connectivity index (χ3n) is 1.44. The lowest BCUT2D eigenvalue weighted by Gasteiger charge is -2.28. The molecule has 0 aromatic rings. The fourth-order valence-corrected chi connectivity index (χ4v) is 1.29. The molecule has 1 N–H and O–H groups in total. The van der Waals surface area contributed by atoms with E-state index in [9.17, 15) is 13.7 Å². The quantitative estimate of drug-likeness (QED) is 0.195. The van der Waals surface area contributed by atoms with Crippen molar-refractivity contribution in [1.82, 2.24) is 5.32 Å². The number of nitroso groups, excluding NO2 is 1. The first-order valence-electron chi connectivity index (χ1n) is 2.96. The predicted molar refractivity (Wildman–Crippen MR) is 38.5 cm³/mol. The van der Waals surface area contributed by atoms with Gasteiger partial charge in [-0.25, -0.2) is 0 Å². The molecule has 0 spiro atoms. The Kier molecular flexibility index (Phi) is 2.80. The molecule has 7 heteroatoms. The predicted octanol–water partition coefficient (Wildman–Crippen LogP) is -0.835. The fraction of sp³-hybridized carbons (Fsp3) is 0.750. The normalized spacial score (nSPS) is 22.5. The first-order valence-corrected chi connectivity index (χ1v) is 4.03. The number of nitrogens with one attached hydrogen (secondary N) is 1. The van der Waals surface area contributed by atoms with Crippen molar-refractivity contribution in [2.45, 2.75) is 0 Å². The van der Waals surface area contributed by atoms with Crippen LogP contribution < -0.4 is 5.32 Å². The van der Waals surface area contributed by atoms with E-state index in [1.54, 1.807) is 0 Å². The second kappa shape index (κ2) is 3.65. The maximum absolute atomic E-state index is 10.4. The van der Waals surface area contributed by atoms with Crippen molar-refractivity contribution in [3.8, 4) is 0 Å². The molecule has 1 unspecified atom stereocenters. The Hall–Kier alpha value is -0.660. The Balaban J connectivity index is 2.65. The fourth-order valence-electron chi connectivity index (χ4n) is 0.755. The lowest BCUT2D eigenvalue weighted by atomic mass is 10.1. The molecular formula is C4H6N3O3S-. The molecule has 1 fully saturated rings. The van der Waals surface area contributed by atoms with Crippen molar-refractivity contribution in [1.29, 1.82) is 0 Å². The summed E-state index contributed by atoms with van der Waals surface area (Å²) < 4.78 is 20.7. The van der Waals surface area contributed by atoms with Crippen molar-refractivity contribution in [2.24, 2.45) is 16.3 Å². The number of hydrogen-bond donors (Lipinski definition) is 1. The summed E-state index contributed by atoms with van der Waals surface area (Å²) >= 11 is -2.42. The van der Waals surface area contributed by atoms with E-state index in [4.69, 9.17) is 0 Å². The molecule has 0 saturated carbocycles. The summed E-state index contributed by atoms with van der Waals surface area (Å²) in [6.45, 7) is 1.09. The molecule has 1 atom stereocenters. The first-order chi connectivity index (χ1) is 5.25. The Bertz CT molecular complexity index is 213. The van der Waals surface area contributed by atoms with Crippen LogP contribution in [0.2, 0.25) is 0 Å².